The fourth-order valence-corrected chi connectivity index (χ4v) is 2.03. The van der Waals surface area contributed by atoms with Gasteiger partial charge in [-0.15, -0.1) is 0 Å². The van der Waals surface area contributed by atoms with Gasteiger partial charge in [0.2, 0.25) is 0 Å². The minimum absolute atomic E-state index is 0.704. The van der Waals surface area contributed by atoms with Gasteiger partial charge in [-0.2, -0.15) is 4.98 Å². The molecule has 2 heterocycles. The van der Waals surface area contributed by atoms with Crippen molar-refractivity contribution in [3.8, 4) is 0 Å². The summed E-state index contributed by atoms with van der Waals surface area (Å²) in [6, 6.07) is 0.739. The van der Waals surface area contributed by atoms with E-state index >= 15 is 0 Å². The molecule has 16 heavy (non-hydrogen) atoms. The normalized spacial score (nSPS) is 17.6. The van der Waals surface area contributed by atoms with Crippen LogP contribution in [0.4, 0.5) is 6.01 Å². The lowest BCUT2D eigenvalue weighted by molar-refractivity contribution is 0.0682. The van der Waals surface area contributed by atoms with E-state index < -0.39 is 0 Å². The third-order valence-electron chi connectivity index (χ3n) is 3.10. The summed E-state index contributed by atoms with van der Waals surface area (Å²) < 4.78 is 10.8. The van der Waals surface area contributed by atoms with Crippen LogP contribution >= 0.6 is 0 Å². The van der Waals surface area contributed by atoms with Gasteiger partial charge < -0.3 is 14.1 Å². The van der Waals surface area contributed by atoms with E-state index in [-0.39, 0.29) is 0 Å². The van der Waals surface area contributed by atoms with Gasteiger partial charge >= 0.3 is 0 Å². The Morgan fingerprint density at radius 1 is 1.44 bits per heavy atom. The lowest BCUT2D eigenvalue weighted by Crippen LogP contribution is -2.29. The zero-order valence-electron chi connectivity index (χ0n) is 10.1. The highest BCUT2D eigenvalue weighted by Gasteiger charge is 2.18. The summed E-state index contributed by atoms with van der Waals surface area (Å²) in [6.07, 6.45) is 4.96. The molecule has 1 fully saturated rings. The van der Waals surface area contributed by atoms with Crippen molar-refractivity contribution in [3.63, 3.8) is 0 Å². The van der Waals surface area contributed by atoms with Crippen molar-refractivity contribution in [3.05, 3.63) is 12.0 Å². The van der Waals surface area contributed by atoms with Crippen LogP contribution in [0.5, 0.6) is 0 Å². The molecule has 1 aliphatic heterocycles. The summed E-state index contributed by atoms with van der Waals surface area (Å²) in [5.41, 5.74) is 1.02. The summed E-state index contributed by atoms with van der Waals surface area (Å²) in [4.78, 5) is 6.53. The molecule has 0 radical (unpaired) electrons. The molecule has 1 saturated heterocycles. The predicted molar refractivity (Wildman–Crippen MR) is 62.7 cm³/mol. The van der Waals surface area contributed by atoms with E-state index in [2.05, 4.69) is 16.8 Å². The topological polar surface area (TPSA) is 38.5 Å². The summed E-state index contributed by atoms with van der Waals surface area (Å²) in [7, 11) is 2.04. The largest absolute Gasteiger partial charge is 0.432 e. The van der Waals surface area contributed by atoms with Gasteiger partial charge in [0.05, 0.1) is 5.69 Å². The highest BCUT2D eigenvalue weighted by atomic mass is 16.5. The van der Waals surface area contributed by atoms with Crippen LogP contribution in [0.3, 0.4) is 0 Å². The molecule has 90 valence electrons. The number of rotatable bonds is 4. The lowest BCUT2D eigenvalue weighted by atomic mass is 10.0. The van der Waals surface area contributed by atoms with Crippen LogP contribution in [0.25, 0.3) is 0 Å². The molecule has 1 aromatic heterocycles. The van der Waals surface area contributed by atoms with Crippen molar-refractivity contribution in [2.45, 2.75) is 26.2 Å². The van der Waals surface area contributed by atoms with E-state index in [9.17, 15) is 0 Å². The summed E-state index contributed by atoms with van der Waals surface area (Å²) in [5.74, 6) is 0.704. The zero-order valence-corrected chi connectivity index (χ0v) is 10.1. The third-order valence-corrected chi connectivity index (χ3v) is 3.10. The first-order chi connectivity index (χ1) is 7.79. The molecule has 0 amide bonds. The highest BCUT2D eigenvalue weighted by Crippen LogP contribution is 2.19. The molecule has 4 heteroatoms. The van der Waals surface area contributed by atoms with Crippen LogP contribution < -0.4 is 4.90 Å². The Kier molecular flexibility index (Phi) is 3.83. The average molecular weight is 224 g/mol. The molecule has 0 saturated carbocycles. The van der Waals surface area contributed by atoms with E-state index in [0.29, 0.717) is 5.92 Å². The smallest absolute Gasteiger partial charge is 0.297 e. The fraction of sp³-hybridized carbons (Fsp3) is 0.750. The van der Waals surface area contributed by atoms with Crippen LogP contribution in [0, 0.1) is 5.92 Å². The van der Waals surface area contributed by atoms with Crippen molar-refractivity contribution < 1.29 is 9.15 Å². The van der Waals surface area contributed by atoms with E-state index in [1.54, 1.807) is 6.26 Å². The molecule has 2 rings (SSSR count). The zero-order chi connectivity index (χ0) is 11.4. The second kappa shape index (κ2) is 5.34. The van der Waals surface area contributed by atoms with Crippen molar-refractivity contribution in [1.82, 2.24) is 4.98 Å². The molecule has 0 N–H and O–H groups in total. The van der Waals surface area contributed by atoms with Gasteiger partial charge in [0.25, 0.3) is 6.01 Å². The predicted octanol–water partition coefficient (Wildman–Crippen LogP) is 2.10. The quantitative estimate of drug-likeness (QED) is 0.785. The molecule has 0 unspecified atom stereocenters. The van der Waals surface area contributed by atoms with Gasteiger partial charge in [-0.1, -0.05) is 6.92 Å². The molecule has 1 aromatic rings. The van der Waals surface area contributed by atoms with Crippen molar-refractivity contribution >= 4 is 6.01 Å². The minimum atomic E-state index is 0.704. The van der Waals surface area contributed by atoms with Crippen LogP contribution in [0.1, 0.15) is 25.5 Å². The SMILES string of the molecule is CCc1coc(N(C)CC2CCOCC2)n1. The van der Waals surface area contributed by atoms with Crippen molar-refractivity contribution in [2.24, 2.45) is 5.92 Å². The third kappa shape index (κ3) is 2.76. The first-order valence-corrected chi connectivity index (χ1v) is 6.03. The number of nitrogens with zero attached hydrogens (tertiary/aromatic N) is 2. The summed E-state index contributed by atoms with van der Waals surface area (Å²) >= 11 is 0. The first-order valence-electron chi connectivity index (χ1n) is 6.03. The van der Waals surface area contributed by atoms with Crippen LogP contribution in [0.2, 0.25) is 0 Å². The number of hydrogen-bond acceptors (Lipinski definition) is 4. The van der Waals surface area contributed by atoms with Gasteiger partial charge in [0.1, 0.15) is 6.26 Å². The number of ether oxygens (including phenoxy) is 1. The van der Waals surface area contributed by atoms with Gasteiger partial charge in [-0.3, -0.25) is 0 Å². The molecule has 0 atom stereocenters. The Morgan fingerprint density at radius 2 is 2.19 bits per heavy atom. The van der Waals surface area contributed by atoms with Gasteiger partial charge in [0.15, 0.2) is 0 Å². The summed E-state index contributed by atoms with van der Waals surface area (Å²) in [5, 5.41) is 0. The van der Waals surface area contributed by atoms with E-state index in [1.165, 1.54) is 0 Å². The Balaban J connectivity index is 1.88. The maximum absolute atomic E-state index is 5.44. The summed E-state index contributed by atoms with van der Waals surface area (Å²) in [6.45, 7) is 4.88. The molecular weight excluding hydrogens is 204 g/mol. The fourth-order valence-electron chi connectivity index (χ4n) is 2.03. The van der Waals surface area contributed by atoms with Crippen LogP contribution in [-0.2, 0) is 11.2 Å². The highest BCUT2D eigenvalue weighted by molar-refractivity contribution is 5.25. The molecule has 0 spiro atoms. The molecular formula is C12H20N2O2. The van der Waals surface area contributed by atoms with E-state index in [1.807, 2.05) is 7.05 Å². The number of aryl methyl sites for hydroxylation is 1. The standard InChI is InChI=1S/C12H20N2O2/c1-3-11-9-16-12(13-11)14(2)8-10-4-6-15-7-5-10/h9-10H,3-8H2,1-2H3. The van der Waals surface area contributed by atoms with Gasteiger partial charge in [0, 0.05) is 26.8 Å². The van der Waals surface area contributed by atoms with Crippen LogP contribution in [-0.4, -0.2) is 31.8 Å². The number of aromatic nitrogens is 1. The second-order valence-corrected chi connectivity index (χ2v) is 4.41. The van der Waals surface area contributed by atoms with Gasteiger partial charge in [-0.05, 0) is 25.2 Å². The second-order valence-electron chi connectivity index (χ2n) is 4.41. The molecule has 0 aromatic carbocycles. The number of oxazole rings is 1. The van der Waals surface area contributed by atoms with E-state index in [0.717, 1.165) is 50.7 Å². The Hall–Kier alpha value is -1.03. The molecule has 0 aliphatic carbocycles. The van der Waals surface area contributed by atoms with Crippen molar-refractivity contribution in [2.75, 3.05) is 31.7 Å². The van der Waals surface area contributed by atoms with Gasteiger partial charge in [-0.25, -0.2) is 0 Å². The maximum Gasteiger partial charge on any atom is 0.297 e. The maximum atomic E-state index is 5.44. The molecule has 0 bridgehead atoms. The molecule has 4 nitrogen and oxygen atoms in total. The average Bonchev–Trinajstić information content (AvgIpc) is 2.79. The number of hydrogen-bond donors (Lipinski definition) is 0. The Labute approximate surface area is 96.6 Å². The van der Waals surface area contributed by atoms with Crippen LogP contribution in [0.15, 0.2) is 10.7 Å². The van der Waals surface area contributed by atoms with Crippen molar-refractivity contribution in [1.29, 1.82) is 0 Å². The minimum Gasteiger partial charge on any atom is -0.432 e. The Morgan fingerprint density at radius 3 is 2.81 bits per heavy atom. The number of anilines is 1. The monoisotopic (exact) mass is 224 g/mol. The molecule has 1 aliphatic rings. The first kappa shape index (κ1) is 11.5. The Bertz CT molecular complexity index is 319. The lowest BCUT2D eigenvalue weighted by Gasteiger charge is -2.26. The van der Waals surface area contributed by atoms with E-state index in [4.69, 9.17) is 9.15 Å².